The Morgan fingerprint density at radius 3 is 2.40 bits per heavy atom. The maximum absolute atomic E-state index is 13.0. The molecule has 0 saturated carbocycles. The van der Waals surface area contributed by atoms with Crippen LogP contribution in [-0.2, 0) is 6.54 Å². The molecule has 1 aliphatic rings. The van der Waals surface area contributed by atoms with Gasteiger partial charge in [0.1, 0.15) is 0 Å². The Morgan fingerprint density at radius 1 is 1.03 bits per heavy atom. The third kappa shape index (κ3) is 4.21. The Kier molecular flexibility index (Phi) is 5.92. The van der Waals surface area contributed by atoms with Crippen molar-refractivity contribution in [1.82, 2.24) is 29.4 Å². The maximum Gasteiger partial charge on any atom is 0.352 e. The van der Waals surface area contributed by atoms with Gasteiger partial charge in [0, 0.05) is 19.6 Å². The average molecular weight is 470 g/mol. The van der Waals surface area contributed by atoms with Crippen molar-refractivity contribution in [1.29, 1.82) is 0 Å². The first-order chi connectivity index (χ1) is 17.1. The number of aromatic nitrogens is 5. The van der Waals surface area contributed by atoms with Gasteiger partial charge in [0.15, 0.2) is 5.69 Å². The van der Waals surface area contributed by atoms with Crippen LogP contribution in [0.4, 0.5) is 0 Å². The van der Waals surface area contributed by atoms with Crippen molar-refractivity contribution in [3.8, 4) is 17.2 Å². The van der Waals surface area contributed by atoms with Gasteiger partial charge in [0.25, 0.3) is 5.56 Å². The summed E-state index contributed by atoms with van der Waals surface area (Å²) in [6.45, 7) is 2.71. The van der Waals surface area contributed by atoms with Crippen molar-refractivity contribution >= 4 is 11.5 Å². The minimum absolute atomic E-state index is 0.132. The fourth-order valence-electron chi connectivity index (χ4n) is 3.98. The van der Waals surface area contributed by atoms with Gasteiger partial charge in [-0.1, -0.05) is 59.8 Å². The van der Waals surface area contributed by atoms with Gasteiger partial charge in [-0.05, 0) is 36.6 Å². The van der Waals surface area contributed by atoms with Gasteiger partial charge in [0.05, 0.1) is 5.69 Å². The van der Waals surface area contributed by atoms with E-state index in [1.54, 1.807) is 42.2 Å². The molecule has 0 saturated heterocycles. The molecule has 0 atom stereocenters. The van der Waals surface area contributed by atoms with Crippen molar-refractivity contribution in [2.45, 2.75) is 19.9 Å². The summed E-state index contributed by atoms with van der Waals surface area (Å²) in [4.78, 5) is 44.4. The SMILES string of the molecule is CCn1c(=O)c(-c2noc(C(=O)N3CC=C(c4ccccc4)CC3)n2)nn(-c2ccccc2)c1=O. The zero-order valence-corrected chi connectivity index (χ0v) is 19.0. The number of carbonyl (C=O) groups is 1. The number of nitrogens with zero attached hydrogens (tertiary/aromatic N) is 6. The molecule has 0 N–H and O–H groups in total. The van der Waals surface area contributed by atoms with E-state index in [0.717, 1.165) is 14.8 Å². The van der Waals surface area contributed by atoms with E-state index in [0.29, 0.717) is 25.2 Å². The molecule has 10 heteroatoms. The van der Waals surface area contributed by atoms with Crippen LogP contribution in [0.5, 0.6) is 0 Å². The number of benzene rings is 2. The van der Waals surface area contributed by atoms with E-state index >= 15 is 0 Å². The van der Waals surface area contributed by atoms with Gasteiger partial charge < -0.3 is 9.42 Å². The van der Waals surface area contributed by atoms with Crippen molar-refractivity contribution in [2.24, 2.45) is 0 Å². The van der Waals surface area contributed by atoms with E-state index < -0.39 is 17.2 Å². The van der Waals surface area contributed by atoms with Crippen LogP contribution in [-0.4, -0.2) is 48.4 Å². The second-order valence-electron chi connectivity index (χ2n) is 7.95. The first-order valence-corrected chi connectivity index (χ1v) is 11.2. The number of hydrogen-bond acceptors (Lipinski definition) is 7. The largest absolute Gasteiger partial charge is 0.352 e. The van der Waals surface area contributed by atoms with Gasteiger partial charge in [-0.2, -0.15) is 14.8 Å². The second-order valence-corrected chi connectivity index (χ2v) is 7.95. The lowest BCUT2D eigenvalue weighted by molar-refractivity contribution is 0.0723. The molecular formula is C25H22N6O4. The van der Waals surface area contributed by atoms with Crippen LogP contribution in [0.25, 0.3) is 22.8 Å². The number of hydrogen-bond donors (Lipinski definition) is 0. The first kappa shape index (κ1) is 22.2. The monoisotopic (exact) mass is 470 g/mol. The summed E-state index contributed by atoms with van der Waals surface area (Å²) in [5, 5.41) is 8.03. The summed E-state index contributed by atoms with van der Waals surface area (Å²) in [6.07, 6.45) is 2.70. The van der Waals surface area contributed by atoms with Gasteiger partial charge in [-0.25, -0.2) is 4.79 Å². The Labute approximate surface area is 199 Å². The number of rotatable bonds is 5. The molecule has 5 rings (SSSR count). The Hall–Kier alpha value is -4.60. The smallest absolute Gasteiger partial charge is 0.330 e. The highest BCUT2D eigenvalue weighted by Crippen LogP contribution is 2.23. The van der Waals surface area contributed by atoms with Crippen molar-refractivity contribution in [3.63, 3.8) is 0 Å². The Balaban J connectivity index is 1.44. The molecule has 0 bridgehead atoms. The summed E-state index contributed by atoms with van der Waals surface area (Å²) >= 11 is 0. The lowest BCUT2D eigenvalue weighted by Crippen LogP contribution is -2.41. The number of para-hydroxylation sites is 1. The summed E-state index contributed by atoms with van der Waals surface area (Å²) in [5.74, 6) is -0.819. The van der Waals surface area contributed by atoms with E-state index in [-0.39, 0.29) is 24.0 Å². The van der Waals surface area contributed by atoms with Crippen LogP contribution in [0.2, 0.25) is 0 Å². The van der Waals surface area contributed by atoms with E-state index in [9.17, 15) is 14.4 Å². The highest BCUT2D eigenvalue weighted by molar-refractivity contribution is 5.90. The fourth-order valence-corrected chi connectivity index (χ4v) is 3.98. The predicted octanol–water partition coefficient (Wildman–Crippen LogP) is 2.39. The van der Waals surface area contributed by atoms with Crippen LogP contribution in [0.15, 0.2) is 80.9 Å². The lowest BCUT2D eigenvalue weighted by atomic mass is 9.99. The average Bonchev–Trinajstić information content (AvgIpc) is 3.40. The molecule has 4 aromatic rings. The summed E-state index contributed by atoms with van der Waals surface area (Å²) in [7, 11) is 0. The number of amides is 1. The molecule has 0 spiro atoms. The molecule has 35 heavy (non-hydrogen) atoms. The predicted molar refractivity (Wildman–Crippen MR) is 128 cm³/mol. The molecule has 0 unspecified atom stereocenters. The number of carbonyl (C=O) groups excluding carboxylic acids is 1. The fraction of sp³-hybridized carbons (Fsp3) is 0.200. The van der Waals surface area contributed by atoms with Crippen molar-refractivity contribution in [2.75, 3.05) is 13.1 Å². The van der Waals surface area contributed by atoms with E-state index in [1.165, 1.54) is 5.57 Å². The maximum atomic E-state index is 13.0. The van der Waals surface area contributed by atoms with Gasteiger partial charge in [0.2, 0.25) is 5.82 Å². The van der Waals surface area contributed by atoms with Crippen LogP contribution in [0, 0.1) is 0 Å². The molecule has 2 aromatic carbocycles. The molecule has 0 radical (unpaired) electrons. The minimum Gasteiger partial charge on any atom is -0.330 e. The normalized spacial score (nSPS) is 13.5. The van der Waals surface area contributed by atoms with Crippen LogP contribution in [0.3, 0.4) is 0 Å². The van der Waals surface area contributed by atoms with E-state index in [4.69, 9.17) is 4.52 Å². The van der Waals surface area contributed by atoms with Gasteiger partial charge >= 0.3 is 17.5 Å². The molecule has 0 aliphatic carbocycles. The van der Waals surface area contributed by atoms with Crippen LogP contribution < -0.4 is 11.2 Å². The van der Waals surface area contributed by atoms with Gasteiger partial charge in [-0.3, -0.25) is 14.2 Å². The van der Waals surface area contributed by atoms with Crippen molar-refractivity contribution in [3.05, 3.63) is 99.0 Å². The molecule has 10 nitrogen and oxygen atoms in total. The topological polar surface area (TPSA) is 116 Å². The van der Waals surface area contributed by atoms with Crippen LogP contribution >= 0.6 is 0 Å². The third-order valence-electron chi connectivity index (χ3n) is 5.84. The molecule has 2 aromatic heterocycles. The zero-order chi connectivity index (χ0) is 24.4. The zero-order valence-electron chi connectivity index (χ0n) is 19.0. The van der Waals surface area contributed by atoms with Gasteiger partial charge in [-0.15, -0.1) is 0 Å². The molecule has 1 amide bonds. The van der Waals surface area contributed by atoms with Crippen molar-refractivity contribution < 1.29 is 9.32 Å². The molecule has 1 aliphatic heterocycles. The lowest BCUT2D eigenvalue weighted by Gasteiger charge is -2.25. The molecule has 3 heterocycles. The second kappa shape index (κ2) is 9.34. The van der Waals surface area contributed by atoms with E-state index in [2.05, 4.69) is 15.2 Å². The summed E-state index contributed by atoms with van der Waals surface area (Å²) in [6, 6.07) is 18.7. The third-order valence-corrected chi connectivity index (χ3v) is 5.84. The van der Waals surface area contributed by atoms with Crippen LogP contribution in [0.1, 0.15) is 29.6 Å². The standard InChI is InChI=1S/C25H22N6O4/c1-2-30-23(32)20(27-31(25(30)34)19-11-7-4-8-12-19)21-26-22(35-28-21)24(33)29-15-13-18(14-16-29)17-9-5-3-6-10-17/h3-13H,2,14-16H2,1H3. The molecule has 176 valence electrons. The van der Waals surface area contributed by atoms with E-state index in [1.807, 2.05) is 36.4 Å². The highest BCUT2D eigenvalue weighted by Gasteiger charge is 2.26. The quantitative estimate of drug-likeness (QED) is 0.440. The molecular weight excluding hydrogens is 448 g/mol. The summed E-state index contributed by atoms with van der Waals surface area (Å²) < 4.78 is 7.35. The Bertz CT molecular complexity index is 1520. The minimum atomic E-state index is -0.655. The Morgan fingerprint density at radius 2 is 1.74 bits per heavy atom. The first-order valence-electron chi connectivity index (χ1n) is 11.2. The molecule has 0 fully saturated rings. The summed E-state index contributed by atoms with van der Waals surface area (Å²) in [5.41, 5.74) is 1.37. The highest BCUT2D eigenvalue weighted by atomic mass is 16.5.